The van der Waals surface area contributed by atoms with E-state index in [1.807, 2.05) is 0 Å². The van der Waals surface area contributed by atoms with Crippen LogP contribution in [-0.4, -0.2) is 121 Å². The van der Waals surface area contributed by atoms with Gasteiger partial charge in [0.2, 0.25) is 23.4 Å². The molecule has 43 heavy (non-hydrogen) atoms. The Kier molecular flexibility index (Phi) is 7.35. The lowest BCUT2D eigenvalue weighted by Gasteiger charge is -2.66. The SMILES string of the molecule is BC1(O)N(Cc2ccc(COc3cccc4c3CN(C3CCC(=O)NC3=O)C4=O)cc2)C(B)(O)C(O)(O)C(B)(O)C1(O)O. The normalized spacial score (nSPS) is 31.9. The van der Waals surface area contributed by atoms with Crippen molar-refractivity contribution < 1.29 is 54.9 Å². The Morgan fingerprint density at radius 1 is 0.860 bits per heavy atom. The van der Waals surface area contributed by atoms with Crippen LogP contribution in [0.5, 0.6) is 5.75 Å². The number of piperidine rings is 2. The first-order chi connectivity index (χ1) is 19.8. The zero-order chi connectivity index (χ0) is 31.8. The maximum atomic E-state index is 13.0. The van der Waals surface area contributed by atoms with Crippen LogP contribution in [0.3, 0.4) is 0 Å². The molecule has 2 aromatic carbocycles. The van der Waals surface area contributed by atoms with Crippen molar-refractivity contribution in [2.24, 2.45) is 0 Å². The fourth-order valence-corrected chi connectivity index (χ4v) is 6.05. The van der Waals surface area contributed by atoms with Gasteiger partial charge in [-0.1, -0.05) is 30.3 Å². The number of carbonyl (C=O) groups excluding carboxylic acids is 3. The highest BCUT2D eigenvalue weighted by Gasteiger charge is 2.78. The van der Waals surface area contributed by atoms with Gasteiger partial charge in [0, 0.05) is 24.1 Å². The Balaban J connectivity index is 1.30. The average Bonchev–Trinajstić information content (AvgIpc) is 3.26. The summed E-state index contributed by atoms with van der Waals surface area (Å²) >= 11 is 0. The number of fused-ring (bicyclic) bond motifs is 1. The Morgan fingerprint density at radius 3 is 2.02 bits per heavy atom. The summed E-state index contributed by atoms with van der Waals surface area (Å²) in [6, 6.07) is 10.8. The van der Waals surface area contributed by atoms with Crippen LogP contribution in [0.4, 0.5) is 0 Å². The highest BCUT2D eigenvalue weighted by molar-refractivity contribution is 6.23. The first-order valence-electron chi connectivity index (χ1n) is 13.7. The molecule has 3 aliphatic heterocycles. The van der Waals surface area contributed by atoms with Crippen molar-refractivity contribution in [1.82, 2.24) is 15.1 Å². The van der Waals surface area contributed by atoms with E-state index in [4.69, 9.17) is 4.74 Å². The standard InChI is InChI=1S/C26H32B3N3O11/c27-22(36)23(37,38)25(28,41)32(26(29,42)24(22,39)40)10-13-4-6-14(7-5-13)12-43-18-3-1-2-15-16(18)11-31(21(15)35)17-8-9-19(33)30-20(17)34/h1-7,17,36-42H,8-12,27-29H2,(H,30,33,34). The van der Waals surface area contributed by atoms with E-state index >= 15 is 0 Å². The van der Waals surface area contributed by atoms with Crippen LogP contribution in [0.2, 0.25) is 0 Å². The molecule has 3 aliphatic rings. The summed E-state index contributed by atoms with van der Waals surface area (Å²) in [4.78, 5) is 39.0. The number of hydrogen-bond donors (Lipinski definition) is 8. The monoisotopic (exact) mass is 595 g/mol. The molecule has 3 atom stereocenters. The van der Waals surface area contributed by atoms with Crippen molar-refractivity contribution in [2.45, 2.75) is 66.9 Å². The minimum Gasteiger partial charge on any atom is -0.489 e. The number of nitrogens with zero attached hydrogens (tertiary/aromatic N) is 2. The molecular weight excluding hydrogens is 563 g/mol. The zero-order valence-electron chi connectivity index (χ0n) is 23.8. The summed E-state index contributed by atoms with van der Waals surface area (Å²) in [5.41, 5.74) is -6.52. The van der Waals surface area contributed by atoms with Crippen molar-refractivity contribution in [3.63, 3.8) is 0 Å². The van der Waals surface area contributed by atoms with E-state index in [9.17, 15) is 50.1 Å². The van der Waals surface area contributed by atoms with Crippen LogP contribution in [0, 0.1) is 0 Å². The molecule has 17 heteroatoms. The van der Waals surface area contributed by atoms with Gasteiger partial charge in [0.15, 0.2) is 23.5 Å². The molecule has 3 amide bonds. The van der Waals surface area contributed by atoms with E-state index in [-0.39, 0.29) is 37.8 Å². The summed E-state index contributed by atoms with van der Waals surface area (Å²) in [5, 5.41) is 77.1. The maximum Gasteiger partial charge on any atom is 0.255 e. The molecule has 2 aromatic rings. The quantitative estimate of drug-likeness (QED) is 0.0890. The second-order valence-electron chi connectivity index (χ2n) is 11.8. The molecule has 3 heterocycles. The van der Waals surface area contributed by atoms with Crippen LogP contribution in [-0.2, 0) is 29.3 Å². The molecule has 0 radical (unpaired) electrons. The highest BCUT2D eigenvalue weighted by Crippen LogP contribution is 2.48. The molecular formula is C26H32B3N3O11. The molecule has 0 spiro atoms. The number of carbonyl (C=O) groups is 3. The lowest BCUT2D eigenvalue weighted by atomic mass is 9.51. The molecule has 8 N–H and O–H groups in total. The van der Waals surface area contributed by atoms with E-state index in [1.165, 1.54) is 4.90 Å². The lowest BCUT2D eigenvalue weighted by Crippen LogP contribution is -2.93. The number of benzene rings is 2. The van der Waals surface area contributed by atoms with Crippen molar-refractivity contribution in [2.75, 3.05) is 0 Å². The number of aliphatic hydroxyl groups is 7. The minimum absolute atomic E-state index is 0.0815. The van der Waals surface area contributed by atoms with Gasteiger partial charge in [-0.05, 0) is 29.7 Å². The van der Waals surface area contributed by atoms with Crippen molar-refractivity contribution >= 4 is 41.3 Å². The van der Waals surface area contributed by atoms with E-state index in [1.54, 1.807) is 42.5 Å². The third-order valence-corrected chi connectivity index (χ3v) is 9.03. The van der Waals surface area contributed by atoms with E-state index in [0.29, 0.717) is 40.7 Å². The summed E-state index contributed by atoms with van der Waals surface area (Å²) in [6.45, 7) is -0.169. The number of imide groups is 1. The molecule has 2 fully saturated rings. The number of ether oxygens (including phenoxy) is 1. The summed E-state index contributed by atoms with van der Waals surface area (Å²) in [7, 11) is 2.50. The first-order valence-corrected chi connectivity index (χ1v) is 13.7. The number of rotatable bonds is 6. The van der Waals surface area contributed by atoms with Gasteiger partial charge in [-0.15, -0.1) is 0 Å². The topological polar surface area (TPSA) is 221 Å². The Morgan fingerprint density at radius 2 is 1.44 bits per heavy atom. The second-order valence-corrected chi connectivity index (χ2v) is 11.8. The van der Waals surface area contributed by atoms with Crippen LogP contribution in [0.25, 0.3) is 0 Å². The van der Waals surface area contributed by atoms with Gasteiger partial charge in [-0.2, -0.15) is 0 Å². The largest absolute Gasteiger partial charge is 0.489 e. The van der Waals surface area contributed by atoms with Gasteiger partial charge < -0.3 is 45.4 Å². The fraction of sp³-hybridized carbons (Fsp3) is 0.423. The Bertz CT molecular complexity index is 1450. The van der Waals surface area contributed by atoms with Gasteiger partial charge in [0.25, 0.3) is 5.91 Å². The molecule has 0 aromatic heterocycles. The van der Waals surface area contributed by atoms with Gasteiger partial charge in [-0.25, -0.2) is 4.90 Å². The molecule has 0 bridgehead atoms. The molecule has 3 unspecified atom stereocenters. The smallest absolute Gasteiger partial charge is 0.255 e. The van der Waals surface area contributed by atoms with Crippen LogP contribution in [0.1, 0.15) is 39.9 Å². The zero-order valence-corrected chi connectivity index (χ0v) is 23.8. The van der Waals surface area contributed by atoms with Gasteiger partial charge in [0.1, 0.15) is 35.1 Å². The molecule has 5 rings (SSSR count). The third-order valence-electron chi connectivity index (χ3n) is 9.03. The lowest BCUT2D eigenvalue weighted by molar-refractivity contribution is -0.477. The first kappa shape index (κ1) is 31.2. The van der Waals surface area contributed by atoms with Crippen LogP contribution in [0.15, 0.2) is 42.5 Å². The Labute approximate surface area is 248 Å². The van der Waals surface area contributed by atoms with Crippen molar-refractivity contribution in [3.8, 4) is 5.75 Å². The van der Waals surface area contributed by atoms with Crippen LogP contribution >= 0.6 is 0 Å². The number of hydrogen-bond acceptors (Lipinski definition) is 12. The average molecular weight is 595 g/mol. The number of nitrogens with one attached hydrogen (secondary N) is 1. The van der Waals surface area contributed by atoms with Crippen molar-refractivity contribution in [3.05, 3.63) is 64.7 Å². The maximum absolute atomic E-state index is 13.0. The number of amides is 3. The fourth-order valence-electron chi connectivity index (χ4n) is 6.05. The molecule has 226 valence electrons. The third kappa shape index (κ3) is 4.59. The van der Waals surface area contributed by atoms with Crippen molar-refractivity contribution in [1.29, 1.82) is 0 Å². The van der Waals surface area contributed by atoms with Gasteiger partial charge in [-0.3, -0.25) is 19.7 Å². The Hall–Kier alpha value is -3.28. The van der Waals surface area contributed by atoms with Gasteiger partial charge in [0.05, 0.1) is 6.54 Å². The van der Waals surface area contributed by atoms with E-state index in [0.717, 1.165) is 15.7 Å². The molecule has 14 nitrogen and oxygen atoms in total. The molecule has 0 saturated carbocycles. The van der Waals surface area contributed by atoms with E-state index in [2.05, 4.69) is 5.32 Å². The summed E-state index contributed by atoms with van der Waals surface area (Å²) < 4.78 is 6.01. The summed E-state index contributed by atoms with van der Waals surface area (Å²) in [5.74, 6) is -7.72. The van der Waals surface area contributed by atoms with Gasteiger partial charge >= 0.3 is 0 Å². The minimum atomic E-state index is -3.48. The second kappa shape index (κ2) is 10.1. The predicted molar refractivity (Wildman–Crippen MR) is 154 cm³/mol. The molecule has 2 saturated heterocycles. The molecule has 0 aliphatic carbocycles. The highest BCUT2D eigenvalue weighted by atomic mass is 16.6. The summed E-state index contributed by atoms with van der Waals surface area (Å²) in [6.07, 6.45) is 0.384. The van der Waals surface area contributed by atoms with E-state index < -0.39 is 46.8 Å². The number of likely N-dealkylation sites (tertiary alicyclic amines) is 1. The predicted octanol–water partition coefficient (Wildman–Crippen LogP) is -5.92. The van der Waals surface area contributed by atoms with Crippen LogP contribution < -0.4 is 10.1 Å².